The number of urea groups is 1. The second kappa shape index (κ2) is 6.59. The average Bonchev–Trinajstić information content (AvgIpc) is 3.16. The zero-order valence-corrected chi connectivity index (χ0v) is 15.3. The first-order valence-corrected chi connectivity index (χ1v) is 9.23. The van der Waals surface area contributed by atoms with Gasteiger partial charge in [-0.05, 0) is 36.8 Å². The summed E-state index contributed by atoms with van der Waals surface area (Å²) in [7, 11) is 0. The lowest BCUT2D eigenvalue weighted by Crippen LogP contribution is -2.31. The molecular formula is C18H14ClN3O3S. The molecule has 3 aromatic rings. The highest BCUT2D eigenvalue weighted by atomic mass is 35.5. The van der Waals surface area contributed by atoms with Crippen LogP contribution >= 0.6 is 22.9 Å². The second-order valence-corrected chi connectivity index (χ2v) is 7.15. The van der Waals surface area contributed by atoms with Crippen molar-refractivity contribution >= 4 is 50.8 Å². The number of hydrogen-bond donors (Lipinski definition) is 1. The number of fused-ring (bicyclic) bond motifs is 1. The Kier molecular flexibility index (Phi) is 4.26. The maximum Gasteiger partial charge on any atom is 0.329 e. The van der Waals surface area contributed by atoms with Gasteiger partial charge in [0, 0.05) is 0 Å². The summed E-state index contributed by atoms with van der Waals surface area (Å²) >= 11 is 7.72. The predicted molar refractivity (Wildman–Crippen MR) is 101 cm³/mol. The van der Waals surface area contributed by atoms with Gasteiger partial charge in [-0.15, -0.1) is 0 Å². The molecule has 1 fully saturated rings. The molecule has 1 N–H and O–H groups in total. The molecule has 1 atom stereocenters. The number of hydrogen-bond acceptors (Lipinski definition) is 5. The number of aromatic nitrogens is 1. The molecule has 1 aliphatic heterocycles. The van der Waals surface area contributed by atoms with E-state index in [9.17, 15) is 9.59 Å². The van der Waals surface area contributed by atoms with Crippen LogP contribution in [0, 0.1) is 0 Å². The van der Waals surface area contributed by atoms with Crippen molar-refractivity contribution in [1.29, 1.82) is 0 Å². The van der Waals surface area contributed by atoms with Gasteiger partial charge in [0.25, 0.3) is 11.1 Å². The number of nitrogens with zero attached hydrogens (tertiary/aromatic N) is 2. The van der Waals surface area contributed by atoms with E-state index in [4.69, 9.17) is 16.3 Å². The Labute approximate surface area is 158 Å². The molecule has 1 aliphatic rings. The van der Waals surface area contributed by atoms with Gasteiger partial charge in [0.2, 0.25) is 0 Å². The van der Waals surface area contributed by atoms with Crippen LogP contribution in [-0.4, -0.2) is 23.0 Å². The topological polar surface area (TPSA) is 71.5 Å². The summed E-state index contributed by atoms with van der Waals surface area (Å²) in [5.41, 5.74) is 1.26. The third kappa shape index (κ3) is 2.89. The third-order valence-corrected chi connectivity index (χ3v) is 5.28. The molecule has 26 heavy (non-hydrogen) atoms. The summed E-state index contributed by atoms with van der Waals surface area (Å²) in [5, 5.41) is 3.41. The van der Waals surface area contributed by atoms with Crippen LogP contribution < -0.4 is 15.0 Å². The molecule has 0 saturated carbocycles. The van der Waals surface area contributed by atoms with Gasteiger partial charge in [-0.1, -0.05) is 42.0 Å². The zero-order valence-electron chi connectivity index (χ0n) is 13.7. The van der Waals surface area contributed by atoms with E-state index >= 15 is 0 Å². The van der Waals surface area contributed by atoms with Gasteiger partial charge in [0.05, 0.1) is 20.9 Å². The van der Waals surface area contributed by atoms with E-state index in [2.05, 4.69) is 10.3 Å². The molecule has 0 spiro atoms. The number of ether oxygens (including phenoxy) is 1. The van der Waals surface area contributed by atoms with Crippen molar-refractivity contribution in [3.05, 3.63) is 47.5 Å². The SMILES string of the molecule is CC[C@@H]1NC(=O)N(c2ccc(Oc3nc4ccccc4s3)c(Cl)c2)C1=O. The fourth-order valence-corrected chi connectivity index (χ4v) is 3.79. The van der Waals surface area contributed by atoms with Gasteiger partial charge in [0.15, 0.2) is 0 Å². The Hall–Kier alpha value is -2.64. The number of anilines is 1. The zero-order chi connectivity index (χ0) is 18.3. The van der Waals surface area contributed by atoms with E-state index in [0.717, 1.165) is 15.1 Å². The van der Waals surface area contributed by atoms with E-state index in [0.29, 0.717) is 28.1 Å². The second-order valence-electron chi connectivity index (χ2n) is 5.75. The van der Waals surface area contributed by atoms with Crippen molar-refractivity contribution < 1.29 is 14.3 Å². The first-order valence-electron chi connectivity index (χ1n) is 8.04. The molecule has 4 rings (SSSR count). The first-order chi connectivity index (χ1) is 12.6. The molecule has 0 bridgehead atoms. The molecule has 2 aromatic carbocycles. The number of para-hydroxylation sites is 1. The largest absolute Gasteiger partial charge is 0.429 e. The minimum absolute atomic E-state index is 0.284. The molecule has 6 nitrogen and oxygen atoms in total. The third-order valence-electron chi connectivity index (χ3n) is 4.07. The number of rotatable bonds is 4. The van der Waals surface area contributed by atoms with Gasteiger partial charge >= 0.3 is 6.03 Å². The van der Waals surface area contributed by atoms with Crippen molar-refractivity contribution in [2.24, 2.45) is 0 Å². The van der Waals surface area contributed by atoms with Crippen molar-refractivity contribution in [3.8, 4) is 10.9 Å². The number of nitrogens with one attached hydrogen (secondary N) is 1. The quantitative estimate of drug-likeness (QED) is 0.665. The summed E-state index contributed by atoms with van der Waals surface area (Å²) in [5.74, 6) is 0.127. The molecule has 3 amide bonds. The van der Waals surface area contributed by atoms with Crippen molar-refractivity contribution in [1.82, 2.24) is 10.3 Å². The van der Waals surface area contributed by atoms with Gasteiger partial charge in [-0.25, -0.2) is 14.7 Å². The molecule has 2 heterocycles. The summed E-state index contributed by atoms with van der Waals surface area (Å²) in [4.78, 5) is 29.8. The molecular weight excluding hydrogens is 374 g/mol. The Bertz CT molecular complexity index is 987. The highest BCUT2D eigenvalue weighted by molar-refractivity contribution is 7.20. The van der Waals surface area contributed by atoms with Crippen molar-refractivity contribution in [2.75, 3.05) is 4.90 Å². The fraction of sp³-hybridized carbons (Fsp3) is 0.167. The summed E-state index contributed by atoms with van der Waals surface area (Å²) in [6, 6.07) is 11.6. The van der Waals surface area contributed by atoms with E-state index in [1.165, 1.54) is 11.3 Å². The highest BCUT2D eigenvalue weighted by Gasteiger charge is 2.38. The maximum atomic E-state index is 12.3. The average molecular weight is 388 g/mol. The minimum Gasteiger partial charge on any atom is -0.429 e. The summed E-state index contributed by atoms with van der Waals surface area (Å²) in [6.07, 6.45) is 0.535. The van der Waals surface area contributed by atoms with Crippen LogP contribution in [0.3, 0.4) is 0 Å². The summed E-state index contributed by atoms with van der Waals surface area (Å²) < 4.78 is 6.79. The number of benzene rings is 2. The van der Waals surface area contributed by atoms with Crippen LogP contribution in [0.4, 0.5) is 10.5 Å². The van der Waals surface area contributed by atoms with E-state index in [1.807, 2.05) is 31.2 Å². The van der Waals surface area contributed by atoms with Crippen LogP contribution in [0.2, 0.25) is 5.02 Å². The Morgan fingerprint density at radius 2 is 2.08 bits per heavy atom. The molecule has 0 radical (unpaired) electrons. The molecule has 8 heteroatoms. The summed E-state index contributed by atoms with van der Waals surface area (Å²) in [6.45, 7) is 1.84. The van der Waals surface area contributed by atoms with Crippen LogP contribution in [-0.2, 0) is 4.79 Å². The molecule has 132 valence electrons. The lowest BCUT2D eigenvalue weighted by molar-refractivity contribution is -0.118. The van der Waals surface area contributed by atoms with Gasteiger partial charge in [-0.2, -0.15) is 0 Å². The lowest BCUT2D eigenvalue weighted by atomic mass is 10.2. The van der Waals surface area contributed by atoms with Gasteiger partial charge in [0.1, 0.15) is 11.8 Å². The maximum absolute atomic E-state index is 12.3. The van der Waals surface area contributed by atoms with E-state index < -0.39 is 12.1 Å². The predicted octanol–water partition coefficient (Wildman–Crippen LogP) is 4.58. The number of carbonyl (C=O) groups is 2. The fourth-order valence-electron chi connectivity index (χ4n) is 2.75. The lowest BCUT2D eigenvalue weighted by Gasteiger charge is -2.14. The van der Waals surface area contributed by atoms with Gasteiger partial charge < -0.3 is 10.1 Å². The Balaban J connectivity index is 1.60. The number of halogens is 1. The number of imide groups is 1. The molecule has 1 saturated heterocycles. The van der Waals surface area contributed by atoms with Crippen molar-refractivity contribution in [2.45, 2.75) is 19.4 Å². The minimum atomic E-state index is -0.500. The van der Waals surface area contributed by atoms with Crippen LogP contribution in [0.1, 0.15) is 13.3 Å². The standard InChI is InChI=1S/C18H14ClN3O3S/c1-2-12-16(23)22(17(24)20-12)10-7-8-14(11(19)9-10)25-18-21-13-5-3-4-6-15(13)26-18/h3-9,12H,2H2,1H3,(H,20,24)/t12-/m0/s1. The first kappa shape index (κ1) is 16.8. The number of thiazole rings is 1. The monoisotopic (exact) mass is 387 g/mol. The van der Waals surface area contributed by atoms with Crippen molar-refractivity contribution in [3.63, 3.8) is 0 Å². The van der Waals surface area contributed by atoms with E-state index in [-0.39, 0.29) is 5.91 Å². The van der Waals surface area contributed by atoms with Crippen LogP contribution in [0.25, 0.3) is 10.2 Å². The molecule has 0 unspecified atom stereocenters. The molecule has 1 aromatic heterocycles. The normalized spacial score (nSPS) is 17.0. The van der Waals surface area contributed by atoms with Crippen LogP contribution in [0.5, 0.6) is 10.9 Å². The number of amides is 3. The number of carbonyl (C=O) groups excluding carboxylic acids is 2. The Morgan fingerprint density at radius 1 is 1.27 bits per heavy atom. The Morgan fingerprint density at radius 3 is 2.77 bits per heavy atom. The molecule has 0 aliphatic carbocycles. The van der Waals surface area contributed by atoms with Gasteiger partial charge in [-0.3, -0.25) is 4.79 Å². The van der Waals surface area contributed by atoms with E-state index in [1.54, 1.807) is 18.2 Å². The van der Waals surface area contributed by atoms with Crippen LogP contribution in [0.15, 0.2) is 42.5 Å². The highest BCUT2D eigenvalue weighted by Crippen LogP contribution is 2.36. The smallest absolute Gasteiger partial charge is 0.329 e.